The van der Waals surface area contributed by atoms with E-state index in [2.05, 4.69) is 15.5 Å². The Labute approximate surface area is 142 Å². The summed E-state index contributed by atoms with van der Waals surface area (Å²) in [6.45, 7) is 0. The second kappa shape index (κ2) is 6.29. The van der Waals surface area contributed by atoms with Crippen LogP contribution in [0.1, 0.15) is 15.9 Å². The standard InChI is InChI=1S/C16H14ClN5O2/c1-21-12-6-5-10(8-13(12)22(2)16(21)24)9-19-20-15(23)11-4-3-7-18-14(11)17/h3-9H,1-2H3,(H,20,23). The average Bonchev–Trinajstić information content (AvgIpc) is 2.79. The van der Waals surface area contributed by atoms with Crippen molar-refractivity contribution >= 4 is 34.8 Å². The quantitative estimate of drug-likeness (QED) is 0.446. The van der Waals surface area contributed by atoms with E-state index in [1.54, 1.807) is 35.4 Å². The van der Waals surface area contributed by atoms with Gasteiger partial charge in [0.1, 0.15) is 5.15 Å². The van der Waals surface area contributed by atoms with Crippen LogP contribution in [0.25, 0.3) is 11.0 Å². The molecule has 0 saturated carbocycles. The van der Waals surface area contributed by atoms with E-state index in [-0.39, 0.29) is 16.4 Å². The van der Waals surface area contributed by atoms with Crippen molar-refractivity contribution in [2.75, 3.05) is 0 Å². The molecule has 7 nitrogen and oxygen atoms in total. The van der Waals surface area contributed by atoms with E-state index in [1.807, 2.05) is 18.2 Å². The summed E-state index contributed by atoms with van der Waals surface area (Å²) in [6.07, 6.45) is 3.00. The number of carbonyl (C=O) groups is 1. The first-order valence-corrected chi connectivity index (χ1v) is 7.46. The predicted molar refractivity (Wildman–Crippen MR) is 92.5 cm³/mol. The van der Waals surface area contributed by atoms with Crippen molar-refractivity contribution < 1.29 is 4.79 Å². The van der Waals surface area contributed by atoms with Crippen LogP contribution in [0, 0.1) is 0 Å². The fourth-order valence-electron chi connectivity index (χ4n) is 2.39. The maximum atomic E-state index is 12.0. The van der Waals surface area contributed by atoms with E-state index in [4.69, 9.17) is 11.6 Å². The number of halogens is 1. The molecule has 0 radical (unpaired) electrons. The zero-order chi connectivity index (χ0) is 17.3. The molecule has 2 aromatic heterocycles. The Balaban J connectivity index is 1.81. The molecule has 0 aliphatic rings. The molecule has 1 N–H and O–H groups in total. The van der Waals surface area contributed by atoms with Gasteiger partial charge in [-0.05, 0) is 29.8 Å². The first-order chi connectivity index (χ1) is 11.5. The summed E-state index contributed by atoms with van der Waals surface area (Å²) in [7, 11) is 3.42. The number of aromatic nitrogens is 3. The SMILES string of the molecule is Cn1c(=O)n(C)c2cc(C=NNC(=O)c3cccnc3Cl)ccc21. The summed E-state index contributed by atoms with van der Waals surface area (Å²) in [5.41, 5.74) is 4.91. The number of fused-ring (bicyclic) bond motifs is 1. The van der Waals surface area contributed by atoms with Crippen LogP contribution in [-0.4, -0.2) is 26.2 Å². The maximum absolute atomic E-state index is 12.0. The third kappa shape index (κ3) is 2.81. The van der Waals surface area contributed by atoms with Crippen molar-refractivity contribution in [2.24, 2.45) is 19.2 Å². The zero-order valence-corrected chi connectivity index (χ0v) is 13.8. The average molecular weight is 344 g/mol. The number of hydrazone groups is 1. The smallest absolute Gasteiger partial charge is 0.295 e. The van der Waals surface area contributed by atoms with Gasteiger partial charge in [0, 0.05) is 20.3 Å². The van der Waals surface area contributed by atoms with Gasteiger partial charge in [-0.3, -0.25) is 13.9 Å². The Bertz CT molecular complexity index is 1020. The molecule has 3 aromatic rings. The van der Waals surface area contributed by atoms with Crippen molar-refractivity contribution in [3.63, 3.8) is 0 Å². The van der Waals surface area contributed by atoms with E-state index in [0.717, 1.165) is 16.6 Å². The number of hydrogen-bond acceptors (Lipinski definition) is 4. The van der Waals surface area contributed by atoms with Crippen LogP contribution < -0.4 is 11.1 Å². The van der Waals surface area contributed by atoms with Crippen LogP contribution in [0.15, 0.2) is 46.4 Å². The largest absolute Gasteiger partial charge is 0.328 e. The van der Waals surface area contributed by atoms with Gasteiger partial charge in [-0.1, -0.05) is 17.7 Å². The lowest BCUT2D eigenvalue weighted by molar-refractivity contribution is 0.0955. The van der Waals surface area contributed by atoms with Gasteiger partial charge in [-0.15, -0.1) is 0 Å². The highest BCUT2D eigenvalue weighted by Crippen LogP contribution is 2.13. The molecular formula is C16H14ClN5O2. The van der Waals surface area contributed by atoms with E-state index >= 15 is 0 Å². The van der Waals surface area contributed by atoms with Crippen LogP contribution in [0.4, 0.5) is 0 Å². The van der Waals surface area contributed by atoms with Gasteiger partial charge in [0.25, 0.3) is 5.91 Å². The van der Waals surface area contributed by atoms with Crippen LogP contribution in [0.2, 0.25) is 5.15 Å². The van der Waals surface area contributed by atoms with Gasteiger partial charge < -0.3 is 0 Å². The van der Waals surface area contributed by atoms with Gasteiger partial charge in [0.2, 0.25) is 0 Å². The minimum atomic E-state index is -0.447. The second-order valence-electron chi connectivity index (χ2n) is 5.19. The van der Waals surface area contributed by atoms with Crippen LogP contribution in [0.3, 0.4) is 0 Å². The fourth-order valence-corrected chi connectivity index (χ4v) is 2.59. The molecular weight excluding hydrogens is 330 g/mol. The van der Waals surface area contributed by atoms with E-state index < -0.39 is 5.91 Å². The number of aryl methyl sites for hydroxylation is 2. The summed E-state index contributed by atoms with van der Waals surface area (Å²) in [6, 6.07) is 8.65. The molecule has 0 aliphatic heterocycles. The molecule has 1 amide bonds. The van der Waals surface area contributed by atoms with Crippen molar-refractivity contribution in [2.45, 2.75) is 0 Å². The lowest BCUT2D eigenvalue weighted by Crippen LogP contribution is -2.19. The Kier molecular flexibility index (Phi) is 4.18. The van der Waals surface area contributed by atoms with Crippen LogP contribution in [-0.2, 0) is 14.1 Å². The summed E-state index contributed by atoms with van der Waals surface area (Å²) in [5.74, 6) is -0.447. The lowest BCUT2D eigenvalue weighted by atomic mass is 10.2. The van der Waals surface area contributed by atoms with Gasteiger partial charge >= 0.3 is 5.69 Å². The van der Waals surface area contributed by atoms with Crippen molar-refractivity contribution in [3.8, 4) is 0 Å². The highest BCUT2D eigenvalue weighted by atomic mass is 35.5. The summed E-state index contributed by atoms with van der Waals surface area (Å²) in [5, 5.41) is 4.04. The molecule has 122 valence electrons. The molecule has 8 heteroatoms. The van der Waals surface area contributed by atoms with Crippen LogP contribution in [0.5, 0.6) is 0 Å². The summed E-state index contributed by atoms with van der Waals surface area (Å²) >= 11 is 5.86. The molecule has 0 aliphatic carbocycles. The molecule has 24 heavy (non-hydrogen) atoms. The number of nitrogens with one attached hydrogen (secondary N) is 1. The summed E-state index contributed by atoms with van der Waals surface area (Å²) in [4.78, 5) is 27.7. The molecule has 0 spiro atoms. The number of amides is 1. The third-order valence-electron chi connectivity index (χ3n) is 3.68. The number of pyridine rings is 1. The highest BCUT2D eigenvalue weighted by molar-refractivity contribution is 6.32. The molecule has 3 rings (SSSR count). The number of rotatable bonds is 3. The predicted octanol–water partition coefficient (Wildman–Crippen LogP) is 1.69. The van der Waals surface area contributed by atoms with Crippen molar-refractivity contribution in [1.29, 1.82) is 0 Å². The number of nitrogens with zero attached hydrogens (tertiary/aromatic N) is 4. The number of hydrogen-bond donors (Lipinski definition) is 1. The normalized spacial score (nSPS) is 11.3. The number of imidazole rings is 1. The first-order valence-electron chi connectivity index (χ1n) is 7.08. The summed E-state index contributed by atoms with van der Waals surface area (Å²) < 4.78 is 3.13. The zero-order valence-electron chi connectivity index (χ0n) is 13.0. The molecule has 2 heterocycles. The van der Waals surface area contributed by atoms with Gasteiger partial charge in [0.05, 0.1) is 22.8 Å². The van der Waals surface area contributed by atoms with Gasteiger partial charge in [-0.25, -0.2) is 15.2 Å². The Morgan fingerprint density at radius 3 is 2.75 bits per heavy atom. The lowest BCUT2D eigenvalue weighted by Gasteiger charge is -2.01. The van der Waals surface area contributed by atoms with Gasteiger partial charge in [-0.2, -0.15) is 5.10 Å². The minimum absolute atomic E-state index is 0.0985. The van der Waals surface area contributed by atoms with E-state index in [9.17, 15) is 9.59 Å². The van der Waals surface area contributed by atoms with Crippen molar-refractivity contribution in [3.05, 3.63) is 63.3 Å². The first kappa shape index (κ1) is 15.9. The fraction of sp³-hybridized carbons (Fsp3) is 0.125. The molecule has 0 fully saturated rings. The topological polar surface area (TPSA) is 81.3 Å². The maximum Gasteiger partial charge on any atom is 0.328 e. The highest BCUT2D eigenvalue weighted by Gasteiger charge is 2.10. The molecule has 0 saturated heterocycles. The van der Waals surface area contributed by atoms with E-state index in [0.29, 0.717) is 0 Å². The molecule has 0 bridgehead atoms. The number of carbonyl (C=O) groups excluding carboxylic acids is 1. The van der Waals surface area contributed by atoms with Gasteiger partial charge in [0.15, 0.2) is 0 Å². The Morgan fingerprint density at radius 2 is 2.00 bits per heavy atom. The number of benzene rings is 1. The van der Waals surface area contributed by atoms with Crippen LogP contribution >= 0.6 is 11.6 Å². The molecule has 0 atom stereocenters. The third-order valence-corrected chi connectivity index (χ3v) is 3.98. The van der Waals surface area contributed by atoms with Crippen molar-refractivity contribution in [1.82, 2.24) is 19.5 Å². The Morgan fingerprint density at radius 1 is 1.25 bits per heavy atom. The molecule has 1 aromatic carbocycles. The Hall–Kier alpha value is -2.93. The monoisotopic (exact) mass is 343 g/mol. The second-order valence-corrected chi connectivity index (χ2v) is 5.55. The molecule has 0 unspecified atom stereocenters. The van der Waals surface area contributed by atoms with E-state index in [1.165, 1.54) is 12.4 Å². The minimum Gasteiger partial charge on any atom is -0.295 e.